The van der Waals surface area contributed by atoms with E-state index in [2.05, 4.69) is 20.9 Å². The molecule has 20 heavy (non-hydrogen) atoms. The van der Waals surface area contributed by atoms with Gasteiger partial charge in [0.2, 0.25) is 0 Å². The van der Waals surface area contributed by atoms with Crippen molar-refractivity contribution in [3.63, 3.8) is 0 Å². The van der Waals surface area contributed by atoms with Gasteiger partial charge in [0, 0.05) is 16.2 Å². The van der Waals surface area contributed by atoms with Crippen LogP contribution >= 0.6 is 15.9 Å². The predicted molar refractivity (Wildman–Crippen MR) is 75.2 cm³/mol. The average molecular weight is 335 g/mol. The van der Waals surface area contributed by atoms with E-state index in [9.17, 15) is 14.3 Å². The van der Waals surface area contributed by atoms with E-state index < -0.39 is 11.8 Å². The Balaban J connectivity index is 2.35. The number of nitrogens with zero attached hydrogens (tertiary/aromatic N) is 2. The molecule has 2 aromatic heterocycles. The molecule has 0 aliphatic heterocycles. The lowest BCUT2D eigenvalue weighted by molar-refractivity contribution is 0.0693. The number of aromatic nitrogens is 2. The van der Waals surface area contributed by atoms with Crippen molar-refractivity contribution in [3.8, 4) is 11.4 Å². The molecular formula is C14H8BrFN2O2. The Morgan fingerprint density at radius 1 is 1.30 bits per heavy atom. The van der Waals surface area contributed by atoms with Crippen LogP contribution in [-0.4, -0.2) is 20.5 Å². The van der Waals surface area contributed by atoms with E-state index in [4.69, 9.17) is 0 Å². The molecule has 0 amide bonds. The van der Waals surface area contributed by atoms with Gasteiger partial charge < -0.3 is 5.11 Å². The fraction of sp³-hybridized carbons (Fsp3) is 0. The highest BCUT2D eigenvalue weighted by Gasteiger charge is 2.18. The standard InChI is InChI=1S/C14H8BrFN2O2/c15-9-4-5-11-12(14(19)20)17-13(18(11)7-9)8-2-1-3-10(16)6-8/h1-7H,(H,19,20). The van der Waals surface area contributed by atoms with Crippen molar-refractivity contribution in [2.24, 2.45) is 0 Å². The summed E-state index contributed by atoms with van der Waals surface area (Å²) in [7, 11) is 0. The van der Waals surface area contributed by atoms with E-state index in [1.807, 2.05) is 0 Å². The number of hydrogen-bond acceptors (Lipinski definition) is 2. The van der Waals surface area contributed by atoms with Crippen LogP contribution < -0.4 is 0 Å². The quantitative estimate of drug-likeness (QED) is 0.779. The molecule has 2 heterocycles. The summed E-state index contributed by atoms with van der Waals surface area (Å²) in [6.07, 6.45) is 1.70. The fourth-order valence-corrected chi connectivity index (χ4v) is 2.39. The number of carbonyl (C=O) groups is 1. The van der Waals surface area contributed by atoms with Gasteiger partial charge in [-0.3, -0.25) is 4.40 Å². The Bertz CT molecular complexity index is 829. The lowest BCUT2D eigenvalue weighted by Gasteiger charge is -2.02. The van der Waals surface area contributed by atoms with Crippen LogP contribution in [0.4, 0.5) is 4.39 Å². The minimum absolute atomic E-state index is 0.0586. The second kappa shape index (κ2) is 4.72. The number of rotatable bonds is 2. The number of fused-ring (bicyclic) bond motifs is 1. The van der Waals surface area contributed by atoms with E-state index in [0.717, 1.165) is 4.47 Å². The molecule has 0 saturated carbocycles. The highest BCUT2D eigenvalue weighted by atomic mass is 79.9. The SMILES string of the molecule is O=C(O)c1nc(-c2cccc(F)c2)n2cc(Br)ccc12. The van der Waals surface area contributed by atoms with Gasteiger partial charge in [0.15, 0.2) is 5.69 Å². The summed E-state index contributed by atoms with van der Waals surface area (Å²) in [5, 5.41) is 9.21. The molecule has 1 N–H and O–H groups in total. The number of halogens is 2. The largest absolute Gasteiger partial charge is 0.476 e. The van der Waals surface area contributed by atoms with Crippen molar-refractivity contribution >= 4 is 27.4 Å². The number of carboxylic acids is 1. The molecule has 1 aromatic carbocycles. The Morgan fingerprint density at radius 2 is 2.10 bits per heavy atom. The topological polar surface area (TPSA) is 54.6 Å². The maximum Gasteiger partial charge on any atom is 0.356 e. The van der Waals surface area contributed by atoms with Crippen LogP contribution in [0, 0.1) is 5.82 Å². The summed E-state index contributed by atoms with van der Waals surface area (Å²) in [6, 6.07) is 9.28. The smallest absolute Gasteiger partial charge is 0.356 e. The summed E-state index contributed by atoms with van der Waals surface area (Å²) in [5.41, 5.74) is 0.919. The van der Waals surface area contributed by atoms with E-state index in [1.165, 1.54) is 12.1 Å². The number of hydrogen-bond donors (Lipinski definition) is 1. The van der Waals surface area contributed by atoms with Gasteiger partial charge in [0.05, 0.1) is 5.52 Å². The van der Waals surface area contributed by atoms with Gasteiger partial charge >= 0.3 is 5.97 Å². The summed E-state index contributed by atoms with van der Waals surface area (Å²) in [4.78, 5) is 15.4. The zero-order valence-corrected chi connectivity index (χ0v) is 11.6. The van der Waals surface area contributed by atoms with Crippen LogP contribution in [-0.2, 0) is 0 Å². The molecule has 3 rings (SSSR count). The third kappa shape index (κ3) is 2.08. The molecule has 0 bridgehead atoms. The zero-order chi connectivity index (χ0) is 14.3. The highest BCUT2D eigenvalue weighted by Crippen LogP contribution is 2.25. The first-order valence-corrected chi connectivity index (χ1v) is 6.52. The third-order valence-corrected chi connectivity index (χ3v) is 3.36. The van der Waals surface area contributed by atoms with Gasteiger partial charge in [0.25, 0.3) is 0 Å². The lowest BCUT2D eigenvalue weighted by Crippen LogP contribution is -1.97. The number of pyridine rings is 1. The van der Waals surface area contributed by atoms with Crippen LogP contribution in [0.3, 0.4) is 0 Å². The third-order valence-electron chi connectivity index (χ3n) is 2.89. The molecule has 0 aliphatic rings. The van der Waals surface area contributed by atoms with Gasteiger partial charge in [-0.05, 0) is 40.2 Å². The van der Waals surface area contributed by atoms with Crippen molar-refractivity contribution in [1.29, 1.82) is 0 Å². The van der Waals surface area contributed by atoms with E-state index in [0.29, 0.717) is 16.9 Å². The van der Waals surface area contributed by atoms with Gasteiger partial charge in [0.1, 0.15) is 11.6 Å². The van der Waals surface area contributed by atoms with Crippen molar-refractivity contribution in [2.75, 3.05) is 0 Å². The average Bonchev–Trinajstić information content (AvgIpc) is 2.77. The maximum atomic E-state index is 13.3. The predicted octanol–water partition coefficient (Wildman–Crippen LogP) is 3.60. The molecule has 0 unspecified atom stereocenters. The molecule has 0 atom stereocenters. The second-order valence-electron chi connectivity index (χ2n) is 4.20. The second-order valence-corrected chi connectivity index (χ2v) is 5.12. The molecule has 3 aromatic rings. The number of aromatic carboxylic acids is 1. The van der Waals surface area contributed by atoms with Crippen LogP contribution in [0.2, 0.25) is 0 Å². The van der Waals surface area contributed by atoms with Crippen molar-refractivity contribution in [2.45, 2.75) is 0 Å². The summed E-state index contributed by atoms with van der Waals surface area (Å²) in [5.74, 6) is -1.13. The van der Waals surface area contributed by atoms with Crippen molar-refractivity contribution in [1.82, 2.24) is 9.38 Å². The molecule has 0 spiro atoms. The normalized spacial score (nSPS) is 10.9. The molecule has 0 aliphatic carbocycles. The first-order chi connectivity index (χ1) is 9.56. The van der Waals surface area contributed by atoms with Gasteiger partial charge in [-0.1, -0.05) is 12.1 Å². The van der Waals surface area contributed by atoms with Crippen LogP contribution in [0.15, 0.2) is 47.1 Å². The lowest BCUT2D eigenvalue weighted by atomic mass is 10.2. The van der Waals surface area contributed by atoms with Crippen LogP contribution in [0.25, 0.3) is 16.9 Å². The van der Waals surface area contributed by atoms with E-state index in [1.54, 1.807) is 34.9 Å². The van der Waals surface area contributed by atoms with E-state index >= 15 is 0 Å². The zero-order valence-electron chi connectivity index (χ0n) is 10.0. The Morgan fingerprint density at radius 3 is 2.80 bits per heavy atom. The summed E-state index contributed by atoms with van der Waals surface area (Å²) in [6.45, 7) is 0. The van der Waals surface area contributed by atoms with Crippen LogP contribution in [0.5, 0.6) is 0 Å². The Labute approximate surface area is 121 Å². The van der Waals surface area contributed by atoms with Gasteiger partial charge in [-0.15, -0.1) is 0 Å². The Hall–Kier alpha value is -2.21. The molecular weight excluding hydrogens is 327 g/mol. The van der Waals surface area contributed by atoms with Gasteiger partial charge in [-0.25, -0.2) is 14.2 Å². The van der Waals surface area contributed by atoms with Gasteiger partial charge in [-0.2, -0.15) is 0 Å². The molecule has 6 heteroatoms. The fourth-order valence-electron chi connectivity index (χ4n) is 2.05. The Kier molecular flexibility index (Phi) is 3.02. The summed E-state index contributed by atoms with van der Waals surface area (Å²) < 4.78 is 15.7. The monoisotopic (exact) mass is 334 g/mol. The minimum atomic E-state index is -1.12. The molecule has 100 valence electrons. The van der Waals surface area contributed by atoms with Crippen molar-refractivity contribution in [3.05, 3.63) is 58.6 Å². The molecule has 0 radical (unpaired) electrons. The summed E-state index contributed by atoms with van der Waals surface area (Å²) >= 11 is 3.33. The first-order valence-electron chi connectivity index (χ1n) is 5.73. The number of benzene rings is 1. The molecule has 0 fully saturated rings. The molecule has 0 saturated heterocycles. The maximum absolute atomic E-state index is 13.3. The number of carboxylic acid groups (broad SMARTS) is 1. The van der Waals surface area contributed by atoms with E-state index in [-0.39, 0.29) is 5.69 Å². The van der Waals surface area contributed by atoms with Crippen molar-refractivity contribution < 1.29 is 14.3 Å². The first kappa shape index (κ1) is 12.8. The van der Waals surface area contributed by atoms with Crippen LogP contribution in [0.1, 0.15) is 10.5 Å². The molecule has 4 nitrogen and oxygen atoms in total. The highest BCUT2D eigenvalue weighted by molar-refractivity contribution is 9.10. The number of imidazole rings is 1. The minimum Gasteiger partial charge on any atom is -0.476 e.